The van der Waals surface area contributed by atoms with Crippen LogP contribution in [0.25, 0.3) is 0 Å². The minimum Gasteiger partial charge on any atom is -0.215 e. The van der Waals surface area contributed by atoms with Gasteiger partial charge in [-0.2, -0.15) is 0 Å². The monoisotopic (exact) mass is 276 g/mol. The number of tetrazole rings is 1. The van der Waals surface area contributed by atoms with E-state index in [0.717, 1.165) is 10.9 Å². The first-order valence-electron chi connectivity index (χ1n) is 6.36. The summed E-state index contributed by atoms with van der Waals surface area (Å²) in [5.74, 6) is 0.893. The maximum absolute atomic E-state index is 4.11. The van der Waals surface area contributed by atoms with Gasteiger partial charge in [-0.25, -0.2) is 4.68 Å². The number of hydrogen-bond donors (Lipinski definition) is 0. The molecule has 0 amide bonds. The fourth-order valence-corrected chi connectivity index (χ4v) is 2.91. The second kappa shape index (κ2) is 5.33. The van der Waals surface area contributed by atoms with E-state index < -0.39 is 0 Å². The lowest BCUT2D eigenvalue weighted by atomic mass is 10.1. The van der Waals surface area contributed by atoms with Gasteiger partial charge in [0.25, 0.3) is 0 Å². The lowest BCUT2D eigenvalue weighted by Crippen LogP contribution is -2.24. The molecule has 19 heavy (non-hydrogen) atoms. The Morgan fingerprint density at radius 2 is 1.95 bits per heavy atom. The summed E-state index contributed by atoms with van der Waals surface area (Å²) in [6, 6.07) is 6.54. The molecule has 0 unspecified atom stereocenters. The van der Waals surface area contributed by atoms with E-state index in [1.807, 2.05) is 4.68 Å². The van der Waals surface area contributed by atoms with E-state index in [1.54, 1.807) is 11.8 Å². The predicted molar refractivity (Wildman–Crippen MR) is 78.3 cm³/mol. The Morgan fingerprint density at radius 1 is 1.21 bits per heavy atom. The average molecular weight is 276 g/mol. The van der Waals surface area contributed by atoms with Crippen LogP contribution in [-0.2, 0) is 11.3 Å². The van der Waals surface area contributed by atoms with Crippen LogP contribution < -0.4 is 0 Å². The van der Waals surface area contributed by atoms with Crippen molar-refractivity contribution in [3.8, 4) is 0 Å². The zero-order valence-corrected chi connectivity index (χ0v) is 13.0. The number of aryl methyl sites for hydroxylation is 2. The van der Waals surface area contributed by atoms with Gasteiger partial charge in [-0.3, -0.25) is 0 Å². The topological polar surface area (TPSA) is 43.6 Å². The average Bonchev–Trinajstić information content (AvgIpc) is 2.78. The molecule has 1 aromatic heterocycles. The molecule has 1 aromatic carbocycles. The smallest absolute Gasteiger partial charge is 0.210 e. The number of thioether (sulfide) groups is 1. The molecule has 102 valence electrons. The minimum atomic E-state index is -0.0898. The number of aromatic nitrogens is 4. The highest BCUT2D eigenvalue weighted by atomic mass is 32.2. The maximum Gasteiger partial charge on any atom is 0.210 e. The summed E-state index contributed by atoms with van der Waals surface area (Å²) in [7, 11) is 0. The molecule has 0 bridgehead atoms. The standard InChI is InChI=1S/C14H20N4S/c1-10-6-7-11(2)12(8-10)9-19-13-15-16-17-18(13)14(3,4)5/h6-8H,9H2,1-5H3. The third kappa shape index (κ3) is 3.35. The molecule has 0 aliphatic heterocycles. The Morgan fingerprint density at radius 3 is 2.63 bits per heavy atom. The van der Waals surface area contributed by atoms with Crippen LogP contribution in [0, 0.1) is 13.8 Å². The first-order chi connectivity index (χ1) is 8.88. The number of rotatable bonds is 3. The van der Waals surface area contributed by atoms with E-state index in [0.29, 0.717) is 0 Å². The molecule has 0 aliphatic carbocycles. The summed E-state index contributed by atoms with van der Waals surface area (Å²) in [6.45, 7) is 10.6. The Balaban J connectivity index is 2.15. The fourth-order valence-electron chi connectivity index (χ4n) is 1.79. The van der Waals surface area contributed by atoms with Crippen molar-refractivity contribution in [2.24, 2.45) is 0 Å². The third-order valence-electron chi connectivity index (χ3n) is 2.94. The van der Waals surface area contributed by atoms with Crippen LogP contribution in [0.5, 0.6) is 0 Å². The van der Waals surface area contributed by atoms with Crippen molar-refractivity contribution in [3.63, 3.8) is 0 Å². The molecular weight excluding hydrogens is 256 g/mol. The van der Waals surface area contributed by atoms with Crippen molar-refractivity contribution >= 4 is 11.8 Å². The molecule has 2 aromatic rings. The van der Waals surface area contributed by atoms with Gasteiger partial charge in [-0.1, -0.05) is 35.5 Å². The first kappa shape index (κ1) is 14.1. The van der Waals surface area contributed by atoms with Gasteiger partial charge in [0.1, 0.15) is 0 Å². The summed E-state index contributed by atoms with van der Waals surface area (Å²) in [5, 5.41) is 12.8. The van der Waals surface area contributed by atoms with Crippen LogP contribution in [0.1, 0.15) is 37.5 Å². The van der Waals surface area contributed by atoms with Gasteiger partial charge in [0.05, 0.1) is 5.54 Å². The molecular formula is C14H20N4S. The van der Waals surface area contributed by atoms with Gasteiger partial charge in [-0.15, -0.1) is 5.10 Å². The molecule has 0 saturated heterocycles. The van der Waals surface area contributed by atoms with Crippen LogP contribution in [-0.4, -0.2) is 20.2 Å². The van der Waals surface area contributed by atoms with Gasteiger partial charge in [0, 0.05) is 5.75 Å². The normalized spacial score (nSPS) is 11.8. The van der Waals surface area contributed by atoms with E-state index in [1.165, 1.54) is 16.7 Å². The van der Waals surface area contributed by atoms with Gasteiger partial charge in [-0.05, 0) is 56.2 Å². The summed E-state index contributed by atoms with van der Waals surface area (Å²) in [4.78, 5) is 0. The fraction of sp³-hybridized carbons (Fsp3) is 0.500. The number of nitrogens with zero attached hydrogens (tertiary/aromatic N) is 4. The van der Waals surface area contributed by atoms with E-state index in [-0.39, 0.29) is 5.54 Å². The highest BCUT2D eigenvalue weighted by Gasteiger charge is 2.19. The largest absolute Gasteiger partial charge is 0.215 e. The quantitative estimate of drug-likeness (QED) is 0.806. The summed E-state index contributed by atoms with van der Waals surface area (Å²) >= 11 is 1.68. The zero-order valence-electron chi connectivity index (χ0n) is 12.1. The van der Waals surface area contributed by atoms with Crippen molar-refractivity contribution in [2.45, 2.75) is 51.1 Å². The Labute approximate surface area is 118 Å². The second-order valence-electron chi connectivity index (χ2n) is 5.76. The number of hydrogen-bond acceptors (Lipinski definition) is 4. The predicted octanol–water partition coefficient (Wildman–Crippen LogP) is 3.34. The molecule has 0 spiro atoms. The Hall–Kier alpha value is -1.36. The lowest BCUT2D eigenvalue weighted by molar-refractivity contribution is 0.321. The minimum absolute atomic E-state index is 0.0898. The molecule has 0 atom stereocenters. The van der Waals surface area contributed by atoms with Crippen molar-refractivity contribution in [2.75, 3.05) is 0 Å². The molecule has 0 N–H and O–H groups in total. The molecule has 2 rings (SSSR count). The summed E-state index contributed by atoms with van der Waals surface area (Å²) < 4.78 is 1.88. The van der Waals surface area contributed by atoms with Crippen molar-refractivity contribution in [3.05, 3.63) is 34.9 Å². The molecule has 0 saturated carbocycles. The van der Waals surface area contributed by atoms with Crippen LogP contribution in [0.4, 0.5) is 0 Å². The molecule has 4 nitrogen and oxygen atoms in total. The summed E-state index contributed by atoms with van der Waals surface area (Å²) in [5.41, 5.74) is 3.85. The SMILES string of the molecule is Cc1ccc(C)c(CSc2nnnn2C(C)(C)C)c1. The molecule has 0 fully saturated rings. The maximum atomic E-state index is 4.11. The van der Waals surface area contributed by atoms with Gasteiger partial charge < -0.3 is 0 Å². The van der Waals surface area contributed by atoms with Crippen LogP contribution in [0.3, 0.4) is 0 Å². The van der Waals surface area contributed by atoms with Gasteiger partial charge >= 0.3 is 0 Å². The zero-order chi connectivity index (χ0) is 14.0. The molecule has 0 radical (unpaired) electrons. The van der Waals surface area contributed by atoms with Crippen LogP contribution in [0.15, 0.2) is 23.4 Å². The van der Waals surface area contributed by atoms with Crippen molar-refractivity contribution < 1.29 is 0 Å². The molecule has 1 heterocycles. The van der Waals surface area contributed by atoms with Crippen LogP contribution >= 0.6 is 11.8 Å². The molecule has 5 heteroatoms. The Bertz CT molecular complexity index is 569. The second-order valence-corrected chi connectivity index (χ2v) is 6.71. The highest BCUT2D eigenvalue weighted by Crippen LogP contribution is 2.26. The van der Waals surface area contributed by atoms with Gasteiger partial charge in [0.15, 0.2) is 0 Å². The Kier molecular flexibility index (Phi) is 3.94. The van der Waals surface area contributed by atoms with E-state index >= 15 is 0 Å². The van der Waals surface area contributed by atoms with Crippen LogP contribution in [0.2, 0.25) is 0 Å². The number of benzene rings is 1. The van der Waals surface area contributed by atoms with E-state index in [4.69, 9.17) is 0 Å². The first-order valence-corrected chi connectivity index (χ1v) is 7.34. The van der Waals surface area contributed by atoms with E-state index in [2.05, 4.69) is 68.3 Å². The van der Waals surface area contributed by atoms with Crippen molar-refractivity contribution in [1.29, 1.82) is 0 Å². The van der Waals surface area contributed by atoms with Gasteiger partial charge in [0.2, 0.25) is 5.16 Å². The van der Waals surface area contributed by atoms with Crippen molar-refractivity contribution in [1.82, 2.24) is 20.2 Å². The summed E-state index contributed by atoms with van der Waals surface area (Å²) in [6.07, 6.45) is 0. The highest BCUT2D eigenvalue weighted by molar-refractivity contribution is 7.98. The third-order valence-corrected chi connectivity index (χ3v) is 3.91. The van der Waals surface area contributed by atoms with E-state index in [9.17, 15) is 0 Å². The molecule has 0 aliphatic rings. The lowest BCUT2D eigenvalue weighted by Gasteiger charge is -2.19.